The van der Waals surface area contributed by atoms with Crippen LogP contribution in [0.3, 0.4) is 0 Å². The first kappa shape index (κ1) is 18.0. The number of aliphatic carboxylic acids is 1. The van der Waals surface area contributed by atoms with E-state index in [2.05, 4.69) is 0 Å². The van der Waals surface area contributed by atoms with Crippen molar-refractivity contribution in [3.05, 3.63) is 65.2 Å². The molecule has 0 aliphatic carbocycles. The van der Waals surface area contributed by atoms with Gasteiger partial charge in [-0.1, -0.05) is 18.2 Å². The fraction of sp³-hybridized carbons (Fsp3) is 0.263. The molecule has 26 heavy (non-hydrogen) atoms. The maximum atomic E-state index is 12.9. The highest BCUT2D eigenvalue weighted by Crippen LogP contribution is 2.39. The molecule has 0 saturated carbocycles. The zero-order chi connectivity index (χ0) is 19.1. The maximum absolute atomic E-state index is 12.9. The Morgan fingerprint density at radius 3 is 2.27 bits per heavy atom. The van der Waals surface area contributed by atoms with E-state index in [0.717, 1.165) is 24.3 Å². The summed E-state index contributed by atoms with van der Waals surface area (Å²) in [5.74, 6) is -2.15. The summed E-state index contributed by atoms with van der Waals surface area (Å²) in [5.41, 5.74) is 0.294. The molecule has 1 heterocycles. The van der Waals surface area contributed by atoms with E-state index in [1.165, 1.54) is 4.90 Å². The molecule has 0 fully saturated rings. The molecule has 1 N–H and O–H groups in total. The highest BCUT2D eigenvalue weighted by molar-refractivity contribution is 6.07. The first-order chi connectivity index (χ1) is 12.2. The van der Waals surface area contributed by atoms with Crippen LogP contribution >= 0.6 is 0 Å². The smallest absolute Gasteiger partial charge is 0.416 e. The third-order valence-electron chi connectivity index (χ3n) is 4.57. The van der Waals surface area contributed by atoms with E-state index in [0.29, 0.717) is 11.3 Å². The van der Waals surface area contributed by atoms with Gasteiger partial charge in [0, 0.05) is 17.3 Å². The van der Waals surface area contributed by atoms with Crippen molar-refractivity contribution in [3.8, 4) is 0 Å². The molecule has 0 spiro atoms. The average molecular weight is 363 g/mol. The number of hydrogen-bond donors (Lipinski definition) is 1. The van der Waals surface area contributed by atoms with E-state index in [1.54, 1.807) is 31.2 Å². The molecule has 1 aliphatic heterocycles. The summed E-state index contributed by atoms with van der Waals surface area (Å²) in [6.07, 6.45) is -4.24. The SMILES string of the molecule is CC1CC(C(=O)O)c2ccccc2N1C(=O)c1ccc(C(F)(F)F)cc1. The topological polar surface area (TPSA) is 57.6 Å². The molecule has 0 bridgehead atoms. The zero-order valence-electron chi connectivity index (χ0n) is 13.8. The molecule has 2 unspecified atom stereocenters. The van der Waals surface area contributed by atoms with Crippen LogP contribution in [0, 0.1) is 0 Å². The molecule has 0 aromatic heterocycles. The second-order valence-corrected chi connectivity index (χ2v) is 6.28. The lowest BCUT2D eigenvalue weighted by Crippen LogP contribution is -2.44. The normalized spacial score (nSPS) is 19.8. The lowest BCUT2D eigenvalue weighted by atomic mass is 9.85. The largest absolute Gasteiger partial charge is 0.481 e. The number of halogens is 3. The van der Waals surface area contributed by atoms with Gasteiger partial charge in [-0.25, -0.2) is 0 Å². The minimum atomic E-state index is -4.47. The molecule has 4 nitrogen and oxygen atoms in total. The first-order valence-corrected chi connectivity index (χ1v) is 8.02. The van der Waals surface area contributed by atoms with Crippen LogP contribution in [0.5, 0.6) is 0 Å². The standard InChI is InChI=1S/C19H16F3NO3/c1-11-10-15(18(25)26)14-4-2-3-5-16(14)23(11)17(24)12-6-8-13(9-7-12)19(20,21)22/h2-9,11,15H,10H2,1H3,(H,25,26). The third kappa shape index (κ3) is 3.16. The summed E-state index contributed by atoms with van der Waals surface area (Å²) in [6.45, 7) is 1.73. The number of anilines is 1. The number of alkyl halides is 3. The van der Waals surface area contributed by atoms with Crippen LogP contribution in [0.15, 0.2) is 48.5 Å². The summed E-state index contributed by atoms with van der Waals surface area (Å²) >= 11 is 0. The Bertz CT molecular complexity index is 846. The summed E-state index contributed by atoms with van der Waals surface area (Å²) in [6, 6.07) is 10.3. The number of rotatable bonds is 2. The van der Waals surface area contributed by atoms with Gasteiger partial charge in [-0.3, -0.25) is 9.59 Å². The fourth-order valence-electron chi connectivity index (χ4n) is 3.30. The van der Waals surface area contributed by atoms with E-state index in [9.17, 15) is 27.9 Å². The van der Waals surface area contributed by atoms with Gasteiger partial charge in [0.2, 0.25) is 0 Å². The number of para-hydroxylation sites is 1. The van der Waals surface area contributed by atoms with Crippen LogP contribution in [-0.2, 0) is 11.0 Å². The minimum absolute atomic E-state index is 0.119. The molecule has 3 rings (SSSR count). The van der Waals surface area contributed by atoms with Crippen molar-refractivity contribution in [2.24, 2.45) is 0 Å². The Kier molecular flexibility index (Phi) is 4.48. The Balaban J connectivity index is 1.99. The maximum Gasteiger partial charge on any atom is 0.416 e. The van der Waals surface area contributed by atoms with Crippen LogP contribution < -0.4 is 4.90 Å². The van der Waals surface area contributed by atoms with E-state index in [1.807, 2.05) is 0 Å². The Morgan fingerprint density at radius 1 is 1.08 bits per heavy atom. The van der Waals surface area contributed by atoms with Gasteiger partial charge in [0.1, 0.15) is 0 Å². The summed E-state index contributed by atoms with van der Waals surface area (Å²) in [5, 5.41) is 9.44. The van der Waals surface area contributed by atoms with Crippen LogP contribution in [0.1, 0.15) is 40.7 Å². The summed E-state index contributed by atoms with van der Waals surface area (Å²) in [7, 11) is 0. The first-order valence-electron chi connectivity index (χ1n) is 8.02. The predicted octanol–water partition coefficient (Wildman–Crippen LogP) is 4.31. The van der Waals surface area contributed by atoms with Crippen molar-refractivity contribution in [1.29, 1.82) is 0 Å². The van der Waals surface area contributed by atoms with Gasteiger partial charge >= 0.3 is 12.1 Å². The number of carboxylic acid groups (broad SMARTS) is 1. The van der Waals surface area contributed by atoms with Gasteiger partial charge < -0.3 is 10.0 Å². The number of benzene rings is 2. The minimum Gasteiger partial charge on any atom is -0.481 e. The van der Waals surface area contributed by atoms with Crippen molar-refractivity contribution >= 4 is 17.6 Å². The number of carboxylic acids is 1. The monoisotopic (exact) mass is 363 g/mol. The summed E-state index contributed by atoms with van der Waals surface area (Å²) < 4.78 is 38.1. The highest BCUT2D eigenvalue weighted by atomic mass is 19.4. The van der Waals surface area contributed by atoms with E-state index in [-0.39, 0.29) is 12.0 Å². The van der Waals surface area contributed by atoms with Crippen LogP contribution in [0.4, 0.5) is 18.9 Å². The van der Waals surface area contributed by atoms with Gasteiger partial charge in [0.25, 0.3) is 5.91 Å². The molecule has 2 atom stereocenters. The van der Waals surface area contributed by atoms with Crippen LogP contribution in [0.25, 0.3) is 0 Å². The lowest BCUT2D eigenvalue weighted by molar-refractivity contribution is -0.139. The zero-order valence-corrected chi connectivity index (χ0v) is 13.8. The number of amides is 1. The lowest BCUT2D eigenvalue weighted by Gasteiger charge is -2.38. The van der Waals surface area contributed by atoms with Gasteiger partial charge in [-0.05, 0) is 49.2 Å². The van der Waals surface area contributed by atoms with Crippen molar-refractivity contribution in [2.75, 3.05) is 4.90 Å². The fourth-order valence-corrected chi connectivity index (χ4v) is 3.30. The number of carbonyl (C=O) groups excluding carboxylic acids is 1. The van der Waals surface area contributed by atoms with Crippen molar-refractivity contribution in [3.63, 3.8) is 0 Å². The summed E-state index contributed by atoms with van der Waals surface area (Å²) in [4.78, 5) is 25.9. The molecular formula is C19H16F3NO3. The highest BCUT2D eigenvalue weighted by Gasteiger charge is 2.37. The molecule has 2 aromatic carbocycles. The average Bonchev–Trinajstić information content (AvgIpc) is 2.59. The Hall–Kier alpha value is -2.83. The van der Waals surface area contributed by atoms with Crippen molar-refractivity contribution in [2.45, 2.75) is 31.5 Å². The Labute approximate surface area is 147 Å². The van der Waals surface area contributed by atoms with Crippen LogP contribution in [-0.4, -0.2) is 23.0 Å². The molecule has 0 saturated heterocycles. The quantitative estimate of drug-likeness (QED) is 0.865. The van der Waals surface area contributed by atoms with Crippen molar-refractivity contribution < 1.29 is 27.9 Å². The van der Waals surface area contributed by atoms with Crippen LogP contribution in [0.2, 0.25) is 0 Å². The molecule has 0 radical (unpaired) electrons. The van der Waals surface area contributed by atoms with E-state index in [4.69, 9.17) is 0 Å². The molecule has 1 aliphatic rings. The molecule has 7 heteroatoms. The van der Waals surface area contributed by atoms with E-state index >= 15 is 0 Å². The number of hydrogen-bond acceptors (Lipinski definition) is 2. The molecular weight excluding hydrogens is 347 g/mol. The molecule has 2 aromatic rings. The van der Waals surface area contributed by atoms with Gasteiger partial charge in [-0.2, -0.15) is 13.2 Å². The van der Waals surface area contributed by atoms with Gasteiger partial charge in [0.15, 0.2) is 0 Å². The number of fused-ring (bicyclic) bond motifs is 1. The second kappa shape index (κ2) is 6.48. The Morgan fingerprint density at radius 2 is 1.69 bits per heavy atom. The van der Waals surface area contributed by atoms with Gasteiger partial charge in [0.05, 0.1) is 11.5 Å². The van der Waals surface area contributed by atoms with Gasteiger partial charge in [-0.15, -0.1) is 0 Å². The predicted molar refractivity (Wildman–Crippen MR) is 89.2 cm³/mol. The van der Waals surface area contributed by atoms with E-state index < -0.39 is 35.6 Å². The number of carbonyl (C=O) groups is 2. The van der Waals surface area contributed by atoms with Crippen molar-refractivity contribution in [1.82, 2.24) is 0 Å². The number of nitrogens with zero attached hydrogens (tertiary/aromatic N) is 1. The third-order valence-corrected chi connectivity index (χ3v) is 4.57. The molecule has 136 valence electrons. The molecule has 1 amide bonds. The second-order valence-electron chi connectivity index (χ2n) is 6.28.